The Balaban J connectivity index is 1.53. The van der Waals surface area contributed by atoms with Gasteiger partial charge >= 0.3 is 5.97 Å². The zero-order valence-corrected chi connectivity index (χ0v) is 25.3. The number of esters is 1. The van der Waals surface area contributed by atoms with Crippen LogP contribution >= 0.6 is 11.8 Å². The normalized spacial score (nSPS) is 31.0. The van der Waals surface area contributed by atoms with Gasteiger partial charge in [0.2, 0.25) is 11.8 Å². The zero-order valence-electron chi connectivity index (χ0n) is 24.4. The summed E-state index contributed by atoms with van der Waals surface area (Å²) in [6.07, 6.45) is 4.67. The molecule has 0 aliphatic carbocycles. The van der Waals surface area contributed by atoms with Gasteiger partial charge in [0.1, 0.15) is 6.04 Å². The van der Waals surface area contributed by atoms with Gasteiger partial charge in [-0.1, -0.05) is 49.4 Å². The van der Waals surface area contributed by atoms with Crippen molar-refractivity contribution in [3.63, 3.8) is 0 Å². The standard InChI is InChI=1S/C32H43N3O6S/c1-4-6-17-41-31(39)26-25-20-22(3)32(42-25)27(26)29(37)35(24(21-36)23-10-8-7-9-11-23)28(32)30(38)34(12-5-2)14-13-33-15-18-40-19-16-33/h4-5,7-11,22,24-28,36H,1-2,6,12-21H2,3H3/t22?,24-,25+,26-,27+,28?,32?/m1/s1. The van der Waals surface area contributed by atoms with Crippen LogP contribution in [-0.2, 0) is 23.9 Å². The number of thioether (sulfide) groups is 1. The van der Waals surface area contributed by atoms with Gasteiger partial charge in [-0.25, -0.2) is 0 Å². The number of rotatable bonds is 13. The lowest BCUT2D eigenvalue weighted by atomic mass is 9.66. The molecule has 1 aromatic rings. The second-order valence-electron chi connectivity index (χ2n) is 11.7. The average molecular weight is 598 g/mol. The summed E-state index contributed by atoms with van der Waals surface area (Å²) >= 11 is 1.62. The number of morpholine rings is 1. The summed E-state index contributed by atoms with van der Waals surface area (Å²) in [5, 5.41) is 10.6. The van der Waals surface area contributed by atoms with E-state index >= 15 is 0 Å². The van der Waals surface area contributed by atoms with E-state index in [4.69, 9.17) is 9.47 Å². The Morgan fingerprint density at radius 1 is 1.24 bits per heavy atom. The molecular weight excluding hydrogens is 554 g/mol. The Hall–Kier alpha value is -2.66. The number of amides is 2. The van der Waals surface area contributed by atoms with Crippen molar-refractivity contribution in [3.05, 3.63) is 61.2 Å². The first-order valence-corrected chi connectivity index (χ1v) is 15.9. The summed E-state index contributed by atoms with van der Waals surface area (Å²) < 4.78 is 10.3. The number of ether oxygens (including phenoxy) is 2. The highest BCUT2D eigenvalue weighted by atomic mass is 32.2. The van der Waals surface area contributed by atoms with Gasteiger partial charge in [-0.2, -0.15) is 0 Å². The van der Waals surface area contributed by atoms with Crippen molar-refractivity contribution in [2.75, 3.05) is 59.2 Å². The van der Waals surface area contributed by atoms with Crippen molar-refractivity contribution in [3.8, 4) is 0 Å². The SMILES string of the molecule is C=CCCOC(=O)[C@@H]1[C@@H]2CC(C)C3(S2)C(C(=O)N(CC=C)CCN2CCOCC2)N([C@H](CO)c2ccccc2)C(=O)[C@H]13. The van der Waals surface area contributed by atoms with Crippen LogP contribution in [0, 0.1) is 17.8 Å². The topological polar surface area (TPSA) is 99.6 Å². The molecule has 0 saturated carbocycles. The third-order valence-corrected chi connectivity index (χ3v) is 11.5. The highest BCUT2D eigenvalue weighted by molar-refractivity contribution is 8.02. The third kappa shape index (κ3) is 5.42. The molecule has 0 aromatic heterocycles. The minimum Gasteiger partial charge on any atom is -0.465 e. The van der Waals surface area contributed by atoms with E-state index in [9.17, 15) is 19.5 Å². The number of hydrogen-bond acceptors (Lipinski definition) is 8. The van der Waals surface area contributed by atoms with Gasteiger partial charge in [-0.05, 0) is 24.3 Å². The van der Waals surface area contributed by atoms with Crippen LogP contribution in [0.3, 0.4) is 0 Å². The number of aliphatic hydroxyl groups excluding tert-OH is 1. The fourth-order valence-electron chi connectivity index (χ4n) is 7.42. The van der Waals surface area contributed by atoms with Crippen molar-refractivity contribution in [1.29, 1.82) is 0 Å². The Morgan fingerprint density at radius 2 is 1.98 bits per heavy atom. The lowest BCUT2D eigenvalue weighted by Crippen LogP contribution is -2.58. The van der Waals surface area contributed by atoms with Crippen molar-refractivity contribution in [2.24, 2.45) is 17.8 Å². The predicted molar refractivity (Wildman–Crippen MR) is 162 cm³/mol. The summed E-state index contributed by atoms with van der Waals surface area (Å²) in [4.78, 5) is 48.6. The molecule has 4 aliphatic rings. The number of fused-ring (bicyclic) bond motifs is 1. The summed E-state index contributed by atoms with van der Waals surface area (Å²) in [5.41, 5.74) is 0.753. The van der Waals surface area contributed by atoms with Gasteiger partial charge in [0.15, 0.2) is 0 Å². The molecule has 9 nitrogen and oxygen atoms in total. The number of carbonyl (C=O) groups excluding carboxylic acids is 3. The second-order valence-corrected chi connectivity index (χ2v) is 13.2. The molecule has 2 bridgehead atoms. The summed E-state index contributed by atoms with van der Waals surface area (Å²) in [6, 6.07) is 7.79. The molecule has 42 heavy (non-hydrogen) atoms. The molecule has 0 radical (unpaired) electrons. The zero-order chi connectivity index (χ0) is 29.9. The Morgan fingerprint density at radius 3 is 2.64 bits per heavy atom. The number of nitrogens with zero attached hydrogens (tertiary/aromatic N) is 3. The van der Waals surface area contributed by atoms with Crippen molar-refractivity contribution < 1.29 is 29.0 Å². The number of hydrogen-bond donors (Lipinski definition) is 1. The van der Waals surface area contributed by atoms with Gasteiger partial charge in [0.05, 0.1) is 49.1 Å². The molecule has 1 aromatic carbocycles. The molecule has 10 heteroatoms. The highest BCUT2D eigenvalue weighted by Gasteiger charge is 2.77. The van der Waals surface area contributed by atoms with E-state index in [1.807, 2.05) is 30.3 Å². The van der Waals surface area contributed by atoms with E-state index in [1.54, 1.807) is 33.7 Å². The lowest BCUT2D eigenvalue weighted by Gasteiger charge is -2.42. The molecule has 228 valence electrons. The van der Waals surface area contributed by atoms with Crippen LogP contribution in [-0.4, -0.2) is 113 Å². The minimum absolute atomic E-state index is 0.0116. The number of benzene rings is 1. The van der Waals surface area contributed by atoms with Crippen molar-refractivity contribution >= 4 is 29.5 Å². The molecule has 5 rings (SSSR count). The number of carbonyl (C=O) groups is 3. The fraction of sp³-hybridized carbons (Fsp3) is 0.594. The van der Waals surface area contributed by atoms with Crippen LogP contribution in [0.5, 0.6) is 0 Å². The van der Waals surface area contributed by atoms with Crippen LogP contribution < -0.4 is 0 Å². The first-order chi connectivity index (χ1) is 20.4. The van der Waals surface area contributed by atoms with E-state index in [1.165, 1.54) is 0 Å². The largest absolute Gasteiger partial charge is 0.465 e. The molecule has 4 heterocycles. The van der Waals surface area contributed by atoms with Crippen LogP contribution in [0.4, 0.5) is 0 Å². The Labute approximate surface area is 252 Å². The quantitative estimate of drug-likeness (QED) is 0.211. The molecule has 4 saturated heterocycles. The van der Waals surface area contributed by atoms with Crippen LogP contribution in [0.2, 0.25) is 0 Å². The Kier molecular flexibility index (Phi) is 9.77. The highest BCUT2D eigenvalue weighted by Crippen LogP contribution is 2.69. The predicted octanol–water partition coefficient (Wildman–Crippen LogP) is 2.52. The van der Waals surface area contributed by atoms with E-state index < -0.39 is 28.7 Å². The molecule has 4 fully saturated rings. The molecule has 1 spiro atoms. The average Bonchev–Trinajstić information content (AvgIpc) is 3.60. The van der Waals surface area contributed by atoms with E-state index in [-0.39, 0.29) is 42.2 Å². The van der Waals surface area contributed by atoms with Crippen LogP contribution in [0.15, 0.2) is 55.6 Å². The number of aliphatic hydroxyl groups is 1. The van der Waals surface area contributed by atoms with Crippen molar-refractivity contribution in [2.45, 2.75) is 41.8 Å². The Bertz CT molecular complexity index is 1160. The second kappa shape index (κ2) is 13.3. The van der Waals surface area contributed by atoms with Gasteiger partial charge in [-0.3, -0.25) is 19.3 Å². The summed E-state index contributed by atoms with van der Waals surface area (Å²) in [5.74, 6) is -2.13. The lowest BCUT2D eigenvalue weighted by molar-refractivity contribution is -0.155. The fourth-order valence-corrected chi connectivity index (χ4v) is 9.81. The molecule has 3 unspecified atom stereocenters. The van der Waals surface area contributed by atoms with E-state index in [0.717, 1.165) is 25.1 Å². The third-order valence-electron chi connectivity index (χ3n) is 9.40. The summed E-state index contributed by atoms with van der Waals surface area (Å²) in [6.45, 7) is 14.0. The molecule has 4 aliphatic heterocycles. The smallest absolute Gasteiger partial charge is 0.310 e. The monoisotopic (exact) mass is 597 g/mol. The summed E-state index contributed by atoms with van der Waals surface area (Å²) in [7, 11) is 0. The maximum Gasteiger partial charge on any atom is 0.310 e. The number of likely N-dealkylation sites (tertiary alicyclic amines) is 1. The van der Waals surface area contributed by atoms with Gasteiger partial charge in [0.25, 0.3) is 0 Å². The first kappa shape index (κ1) is 30.8. The van der Waals surface area contributed by atoms with Crippen LogP contribution in [0.25, 0.3) is 0 Å². The van der Waals surface area contributed by atoms with Gasteiger partial charge < -0.3 is 24.4 Å². The van der Waals surface area contributed by atoms with Gasteiger partial charge in [-0.15, -0.1) is 24.9 Å². The molecule has 2 amide bonds. The maximum atomic E-state index is 14.8. The van der Waals surface area contributed by atoms with E-state index in [2.05, 4.69) is 25.0 Å². The minimum atomic E-state index is -0.840. The van der Waals surface area contributed by atoms with Crippen LogP contribution in [0.1, 0.15) is 31.4 Å². The van der Waals surface area contributed by atoms with Gasteiger partial charge in [0, 0.05) is 38.0 Å². The molecule has 1 N–H and O–H groups in total. The molecular formula is C32H43N3O6S. The van der Waals surface area contributed by atoms with E-state index in [0.29, 0.717) is 39.3 Å². The molecule has 7 atom stereocenters. The maximum absolute atomic E-state index is 14.8. The first-order valence-electron chi connectivity index (χ1n) is 15.0. The van der Waals surface area contributed by atoms with Crippen molar-refractivity contribution in [1.82, 2.24) is 14.7 Å².